The molecule has 0 spiro atoms. The molecule has 0 atom stereocenters. The molecule has 1 aromatic carbocycles. The van der Waals surface area contributed by atoms with Crippen molar-refractivity contribution in [1.29, 1.82) is 0 Å². The van der Waals surface area contributed by atoms with E-state index in [2.05, 4.69) is 23.3 Å². The average molecular weight is 400 g/mol. The van der Waals surface area contributed by atoms with E-state index in [-0.39, 0.29) is 0 Å². The van der Waals surface area contributed by atoms with Gasteiger partial charge in [0.1, 0.15) is 0 Å². The molecule has 28 heavy (non-hydrogen) atoms. The zero-order chi connectivity index (χ0) is 19.6. The minimum atomic E-state index is -3.53. The summed E-state index contributed by atoms with van der Waals surface area (Å²) in [4.78, 5) is 0.359. The third-order valence-corrected chi connectivity index (χ3v) is 7.20. The summed E-state index contributed by atoms with van der Waals surface area (Å²) in [5.74, 6) is 0. The van der Waals surface area contributed by atoms with Crippen molar-refractivity contribution in [3.8, 4) is 11.1 Å². The van der Waals surface area contributed by atoms with Crippen LogP contribution in [0.3, 0.4) is 0 Å². The first-order chi connectivity index (χ1) is 13.5. The van der Waals surface area contributed by atoms with E-state index in [0.29, 0.717) is 31.2 Å². The molecule has 2 aromatic rings. The lowest BCUT2D eigenvalue weighted by atomic mass is 10.1. The topological polar surface area (TPSA) is 64.4 Å². The molecule has 1 fully saturated rings. The molecule has 4 rings (SSSR count). The molecule has 1 aliphatic heterocycles. The number of aromatic nitrogens is 2. The Hall–Kier alpha value is -2.22. The fraction of sp³-hybridized carbons (Fsp3) is 0.381. The molecule has 7 heteroatoms. The van der Waals surface area contributed by atoms with Crippen molar-refractivity contribution >= 4 is 10.0 Å². The molecule has 0 unspecified atom stereocenters. The van der Waals surface area contributed by atoms with Crippen LogP contribution in [0.2, 0.25) is 0 Å². The van der Waals surface area contributed by atoms with E-state index in [1.165, 1.54) is 9.88 Å². The summed E-state index contributed by atoms with van der Waals surface area (Å²) in [5, 5.41) is 4.46. The van der Waals surface area contributed by atoms with Gasteiger partial charge in [0.15, 0.2) is 0 Å². The van der Waals surface area contributed by atoms with Gasteiger partial charge in [0, 0.05) is 24.8 Å². The molecule has 1 aliphatic carbocycles. The van der Waals surface area contributed by atoms with E-state index in [0.717, 1.165) is 36.1 Å². The Bertz CT molecular complexity index is 1020. The predicted octanol–water partition coefficient (Wildman–Crippen LogP) is 3.16. The standard InChI is InChI=1S/C21H25N3O3S/c1-17-7-8-19(13-21(17)28(25,26)24-9-11-27-12-10-24)20-14-22-23(16-20)15-18-5-3-2-4-6-18/h3,5-8,13-14,16H,2,4,9-12,15H2,1H3. The van der Waals surface area contributed by atoms with Gasteiger partial charge in [-0.1, -0.05) is 30.4 Å². The van der Waals surface area contributed by atoms with Crippen LogP contribution in [0, 0.1) is 6.92 Å². The molecule has 1 aromatic heterocycles. The number of sulfonamides is 1. The molecule has 148 valence electrons. The lowest BCUT2D eigenvalue weighted by molar-refractivity contribution is 0.0730. The Kier molecular flexibility index (Phi) is 5.48. The molecule has 0 saturated carbocycles. The second kappa shape index (κ2) is 8.03. The van der Waals surface area contributed by atoms with Gasteiger partial charge in [-0.25, -0.2) is 8.42 Å². The highest BCUT2D eigenvalue weighted by Gasteiger charge is 2.28. The van der Waals surface area contributed by atoms with Gasteiger partial charge in [-0.3, -0.25) is 4.68 Å². The third kappa shape index (κ3) is 3.97. The molecule has 1 saturated heterocycles. The van der Waals surface area contributed by atoms with Crippen molar-refractivity contribution in [2.24, 2.45) is 0 Å². The lowest BCUT2D eigenvalue weighted by Crippen LogP contribution is -2.40. The van der Waals surface area contributed by atoms with Crippen LogP contribution in [-0.2, 0) is 21.3 Å². The number of morpholine rings is 1. The fourth-order valence-electron chi connectivity index (χ4n) is 3.55. The summed E-state index contributed by atoms with van der Waals surface area (Å²) in [6.45, 7) is 4.23. The van der Waals surface area contributed by atoms with Gasteiger partial charge in [-0.05, 0) is 42.5 Å². The Morgan fingerprint density at radius 1 is 1.14 bits per heavy atom. The summed E-state index contributed by atoms with van der Waals surface area (Å²) in [5.41, 5.74) is 3.77. The van der Waals surface area contributed by atoms with Crippen LogP contribution in [0.4, 0.5) is 0 Å². The van der Waals surface area contributed by atoms with E-state index in [1.54, 1.807) is 12.3 Å². The van der Waals surface area contributed by atoms with Crippen LogP contribution in [0.25, 0.3) is 11.1 Å². The third-order valence-electron chi connectivity index (χ3n) is 5.16. The predicted molar refractivity (Wildman–Crippen MR) is 108 cm³/mol. The van der Waals surface area contributed by atoms with E-state index in [4.69, 9.17) is 4.74 Å². The molecule has 0 radical (unpaired) electrons. The quantitative estimate of drug-likeness (QED) is 0.775. The SMILES string of the molecule is Cc1ccc(-c2cnn(CC3=CCCC=C3)c2)cc1S(=O)(=O)N1CCOCC1. The van der Waals surface area contributed by atoms with Gasteiger partial charge < -0.3 is 4.74 Å². The number of allylic oxidation sites excluding steroid dienone is 4. The Morgan fingerprint density at radius 3 is 2.71 bits per heavy atom. The number of hydrogen-bond donors (Lipinski definition) is 0. The Morgan fingerprint density at radius 2 is 1.96 bits per heavy atom. The van der Waals surface area contributed by atoms with Crippen molar-refractivity contribution in [2.75, 3.05) is 26.3 Å². The molecule has 0 amide bonds. The Labute approximate surface area is 166 Å². The zero-order valence-corrected chi connectivity index (χ0v) is 16.9. The van der Waals surface area contributed by atoms with Crippen molar-refractivity contribution < 1.29 is 13.2 Å². The van der Waals surface area contributed by atoms with Crippen LogP contribution in [0.1, 0.15) is 18.4 Å². The van der Waals surface area contributed by atoms with Crippen LogP contribution in [0.15, 0.2) is 59.3 Å². The average Bonchev–Trinajstić information content (AvgIpc) is 3.18. The molecule has 6 nitrogen and oxygen atoms in total. The smallest absolute Gasteiger partial charge is 0.243 e. The minimum absolute atomic E-state index is 0.359. The maximum absolute atomic E-state index is 13.1. The van der Waals surface area contributed by atoms with Gasteiger partial charge in [0.05, 0.1) is 30.9 Å². The number of aryl methyl sites for hydroxylation is 1. The summed E-state index contributed by atoms with van der Waals surface area (Å²) in [6, 6.07) is 5.59. The minimum Gasteiger partial charge on any atom is -0.379 e. The molecular formula is C21H25N3O3S. The number of hydrogen-bond acceptors (Lipinski definition) is 4. The normalized spacial score (nSPS) is 18.2. The number of ether oxygens (including phenoxy) is 1. The maximum Gasteiger partial charge on any atom is 0.243 e. The summed E-state index contributed by atoms with van der Waals surface area (Å²) >= 11 is 0. The summed E-state index contributed by atoms with van der Waals surface area (Å²) in [7, 11) is -3.53. The second-order valence-electron chi connectivity index (χ2n) is 7.18. The van der Waals surface area contributed by atoms with E-state index < -0.39 is 10.0 Å². The van der Waals surface area contributed by atoms with Crippen LogP contribution >= 0.6 is 0 Å². The van der Waals surface area contributed by atoms with Gasteiger partial charge in [-0.15, -0.1) is 0 Å². The molecule has 2 aliphatic rings. The van der Waals surface area contributed by atoms with Crippen molar-refractivity contribution in [1.82, 2.24) is 14.1 Å². The second-order valence-corrected chi connectivity index (χ2v) is 9.09. The first-order valence-corrected chi connectivity index (χ1v) is 11.0. The van der Waals surface area contributed by atoms with E-state index >= 15 is 0 Å². The first-order valence-electron chi connectivity index (χ1n) is 9.61. The summed E-state index contributed by atoms with van der Waals surface area (Å²) in [6.07, 6.45) is 12.5. The number of benzene rings is 1. The van der Waals surface area contributed by atoms with Gasteiger partial charge >= 0.3 is 0 Å². The van der Waals surface area contributed by atoms with Gasteiger partial charge in [0.2, 0.25) is 10.0 Å². The number of nitrogens with zero attached hydrogens (tertiary/aromatic N) is 3. The van der Waals surface area contributed by atoms with Crippen LogP contribution < -0.4 is 0 Å². The van der Waals surface area contributed by atoms with Crippen LogP contribution in [0.5, 0.6) is 0 Å². The van der Waals surface area contributed by atoms with Crippen molar-refractivity contribution in [2.45, 2.75) is 31.2 Å². The van der Waals surface area contributed by atoms with Gasteiger partial charge in [-0.2, -0.15) is 9.40 Å². The maximum atomic E-state index is 13.1. The highest BCUT2D eigenvalue weighted by atomic mass is 32.2. The Balaban J connectivity index is 1.60. The van der Waals surface area contributed by atoms with Crippen molar-refractivity contribution in [3.63, 3.8) is 0 Å². The molecule has 0 bridgehead atoms. The van der Waals surface area contributed by atoms with E-state index in [1.807, 2.05) is 29.9 Å². The molecular weight excluding hydrogens is 374 g/mol. The highest BCUT2D eigenvalue weighted by molar-refractivity contribution is 7.89. The number of rotatable bonds is 5. The van der Waals surface area contributed by atoms with E-state index in [9.17, 15) is 8.42 Å². The first kappa shape index (κ1) is 19.1. The zero-order valence-electron chi connectivity index (χ0n) is 16.0. The highest BCUT2D eigenvalue weighted by Crippen LogP contribution is 2.27. The van der Waals surface area contributed by atoms with Crippen LogP contribution in [-0.4, -0.2) is 48.8 Å². The largest absolute Gasteiger partial charge is 0.379 e. The fourth-order valence-corrected chi connectivity index (χ4v) is 5.21. The summed E-state index contributed by atoms with van der Waals surface area (Å²) < 4.78 is 34.9. The monoisotopic (exact) mass is 399 g/mol. The lowest BCUT2D eigenvalue weighted by Gasteiger charge is -2.26. The van der Waals surface area contributed by atoms with Gasteiger partial charge in [0.25, 0.3) is 0 Å². The van der Waals surface area contributed by atoms with Crippen molar-refractivity contribution in [3.05, 3.63) is 60.0 Å². The molecule has 2 heterocycles. The molecule has 0 N–H and O–H groups in total.